The summed E-state index contributed by atoms with van der Waals surface area (Å²) >= 11 is 12.6. The summed E-state index contributed by atoms with van der Waals surface area (Å²) in [7, 11) is 0. The van der Waals surface area contributed by atoms with E-state index in [9.17, 15) is 22.8 Å². The second-order valence-corrected chi connectivity index (χ2v) is 12.1. The van der Waals surface area contributed by atoms with Gasteiger partial charge in [0.05, 0.1) is 33.9 Å². The average Bonchev–Trinajstić information content (AvgIpc) is 3.77. The number of esters is 1. The van der Waals surface area contributed by atoms with Gasteiger partial charge in [0.1, 0.15) is 6.54 Å². The summed E-state index contributed by atoms with van der Waals surface area (Å²) in [4.78, 5) is 36.0. The summed E-state index contributed by atoms with van der Waals surface area (Å²) in [6, 6.07) is 13.6. The van der Waals surface area contributed by atoms with Gasteiger partial charge >= 0.3 is 18.2 Å². The minimum atomic E-state index is -4.49. The van der Waals surface area contributed by atoms with Gasteiger partial charge in [-0.1, -0.05) is 60.8 Å². The van der Waals surface area contributed by atoms with Crippen molar-refractivity contribution >= 4 is 63.4 Å². The zero-order valence-electron chi connectivity index (χ0n) is 25.1. The number of urea groups is 1. The van der Waals surface area contributed by atoms with Crippen LogP contribution in [-0.2, 0) is 22.7 Å². The van der Waals surface area contributed by atoms with Crippen LogP contribution < -0.4 is 10.6 Å². The minimum absolute atomic E-state index is 0.0130. The maximum Gasteiger partial charge on any atom is 0.405 e. The Morgan fingerprint density at radius 3 is 2.53 bits per heavy atom. The zero-order chi connectivity index (χ0) is 33.3. The van der Waals surface area contributed by atoms with Crippen LogP contribution in [0.2, 0.25) is 10.0 Å². The molecule has 6 rings (SSSR count). The summed E-state index contributed by atoms with van der Waals surface area (Å²) in [5.74, 6) is -0.603. The molecular weight excluding hydrogens is 658 g/mol. The molecule has 3 aromatic heterocycles. The lowest BCUT2D eigenvalue weighted by molar-refractivity contribution is -0.146. The Hall–Kier alpha value is -4.49. The van der Waals surface area contributed by atoms with Gasteiger partial charge in [-0.15, -0.1) is 0 Å². The molecule has 2 aromatic carbocycles. The number of nitrogens with zero attached hydrogens (tertiary/aromatic N) is 5. The lowest BCUT2D eigenvalue weighted by atomic mass is 9.91. The van der Waals surface area contributed by atoms with Crippen molar-refractivity contribution in [2.24, 2.45) is 5.92 Å². The number of carbonyl (C=O) groups is 2. The highest BCUT2D eigenvalue weighted by Crippen LogP contribution is 2.37. The molecule has 10 nitrogen and oxygen atoms in total. The molecular formula is C32H30Cl2F3N7O3. The number of carbonyl (C=O) groups excluding carboxylic acids is 2. The Bertz CT molecular complexity index is 1920. The fraction of sp³-hybridized carbons (Fsp3) is 0.312. The summed E-state index contributed by atoms with van der Waals surface area (Å²) in [5, 5.41) is 6.07. The number of hydrogen-bond acceptors (Lipinski definition) is 6. The van der Waals surface area contributed by atoms with E-state index in [2.05, 4.69) is 15.3 Å². The number of anilines is 2. The molecule has 4 heterocycles. The Kier molecular flexibility index (Phi) is 9.20. The molecule has 2 amide bonds. The summed E-state index contributed by atoms with van der Waals surface area (Å²) < 4.78 is 47.4. The number of benzene rings is 2. The number of imidazole rings is 1. The molecule has 246 valence electrons. The number of nitrogens with one attached hydrogen (secondary N) is 2. The van der Waals surface area contributed by atoms with Gasteiger partial charge in [-0.3, -0.25) is 13.8 Å². The van der Waals surface area contributed by atoms with E-state index in [4.69, 9.17) is 27.9 Å². The predicted octanol–water partition coefficient (Wildman–Crippen LogP) is 7.18. The maximum absolute atomic E-state index is 13.0. The normalized spacial score (nSPS) is 16.6. The standard InChI is InChI=1S/C32H30Cl2F3N7O3/c1-2-19-15-43(31(46)40-17-32(35,36)37)16-21(19)26-13-38-27-14-39-30-25(44(26)27)10-11-42(30)18-47-28(45)12-20-6-3-4-9-24(20)41-29-22(33)7-5-8-23(29)34/h3-11,13-14,19,21,41H,2,12,15-18H2,1H3,(H,40,46)/t19-,21+/m1/s1. The van der Waals surface area contributed by atoms with Crippen molar-refractivity contribution < 1.29 is 27.5 Å². The highest BCUT2D eigenvalue weighted by atomic mass is 35.5. The van der Waals surface area contributed by atoms with Crippen molar-refractivity contribution in [3.63, 3.8) is 0 Å². The first-order chi connectivity index (χ1) is 22.5. The molecule has 2 atom stereocenters. The van der Waals surface area contributed by atoms with Crippen LogP contribution in [0, 0.1) is 5.92 Å². The number of halogens is 5. The topological polar surface area (TPSA) is 106 Å². The van der Waals surface area contributed by atoms with Crippen molar-refractivity contribution in [2.75, 3.05) is 25.0 Å². The fourth-order valence-corrected chi connectivity index (χ4v) is 6.45. The van der Waals surface area contributed by atoms with Crippen molar-refractivity contribution in [1.82, 2.24) is 29.2 Å². The van der Waals surface area contributed by atoms with Crippen LogP contribution in [0.15, 0.2) is 67.1 Å². The van der Waals surface area contributed by atoms with Gasteiger partial charge in [-0.05, 0) is 35.7 Å². The van der Waals surface area contributed by atoms with Gasteiger partial charge in [-0.2, -0.15) is 13.2 Å². The highest BCUT2D eigenvalue weighted by Gasteiger charge is 2.38. The number of amides is 2. The number of fused-ring (bicyclic) bond motifs is 3. The highest BCUT2D eigenvalue weighted by molar-refractivity contribution is 6.39. The minimum Gasteiger partial charge on any atom is -0.444 e. The molecule has 0 saturated carbocycles. The van der Waals surface area contributed by atoms with Crippen molar-refractivity contribution in [1.29, 1.82) is 0 Å². The molecule has 1 fully saturated rings. The number of aromatic nitrogens is 4. The smallest absolute Gasteiger partial charge is 0.405 e. The Morgan fingerprint density at radius 2 is 1.79 bits per heavy atom. The van der Waals surface area contributed by atoms with E-state index in [1.54, 1.807) is 41.4 Å². The molecule has 2 N–H and O–H groups in total. The van der Waals surface area contributed by atoms with Gasteiger partial charge in [0.2, 0.25) is 0 Å². The van der Waals surface area contributed by atoms with Crippen molar-refractivity contribution in [2.45, 2.75) is 38.6 Å². The SMILES string of the molecule is CC[C@@H]1CN(C(=O)NCC(F)(F)F)C[C@@H]1c1cnc2cnc3c(ccn3COC(=O)Cc3ccccc3Nc3c(Cl)cccc3Cl)n12. The predicted molar refractivity (Wildman–Crippen MR) is 172 cm³/mol. The van der Waals surface area contributed by atoms with Gasteiger partial charge in [-0.25, -0.2) is 14.8 Å². The summed E-state index contributed by atoms with van der Waals surface area (Å²) in [5.41, 5.74) is 4.56. The third-order valence-electron chi connectivity index (χ3n) is 8.28. The molecule has 0 spiro atoms. The van der Waals surface area contributed by atoms with E-state index >= 15 is 0 Å². The first-order valence-corrected chi connectivity index (χ1v) is 15.6. The second kappa shape index (κ2) is 13.3. The van der Waals surface area contributed by atoms with Crippen molar-refractivity contribution in [3.8, 4) is 0 Å². The first-order valence-electron chi connectivity index (χ1n) is 14.9. The monoisotopic (exact) mass is 687 g/mol. The van der Waals surface area contributed by atoms with E-state index in [0.29, 0.717) is 50.3 Å². The number of likely N-dealkylation sites (tertiary alicyclic amines) is 1. The van der Waals surface area contributed by atoms with Crippen LogP contribution in [0.3, 0.4) is 0 Å². The van der Waals surface area contributed by atoms with E-state index < -0.39 is 24.7 Å². The molecule has 15 heteroatoms. The molecule has 1 aliphatic heterocycles. The van der Waals surface area contributed by atoms with Gasteiger partial charge in [0.25, 0.3) is 0 Å². The van der Waals surface area contributed by atoms with E-state index in [-0.39, 0.29) is 31.5 Å². The molecule has 1 saturated heterocycles. The van der Waals surface area contributed by atoms with Crippen LogP contribution in [0.25, 0.3) is 16.8 Å². The van der Waals surface area contributed by atoms with Crippen LogP contribution in [-0.4, -0.2) is 61.6 Å². The number of alkyl halides is 3. The number of hydrogen-bond donors (Lipinski definition) is 2. The quantitative estimate of drug-likeness (QED) is 0.159. The molecule has 47 heavy (non-hydrogen) atoms. The molecule has 0 unspecified atom stereocenters. The molecule has 0 radical (unpaired) electrons. The van der Waals surface area contributed by atoms with Gasteiger partial charge < -0.3 is 20.3 Å². The Morgan fingerprint density at radius 1 is 1.02 bits per heavy atom. The van der Waals surface area contributed by atoms with Gasteiger partial charge in [0, 0.05) is 42.8 Å². The van der Waals surface area contributed by atoms with E-state index in [1.807, 2.05) is 47.0 Å². The average molecular weight is 689 g/mol. The molecule has 0 aliphatic carbocycles. The molecule has 0 bridgehead atoms. The third kappa shape index (κ3) is 6.96. The lowest BCUT2D eigenvalue weighted by Gasteiger charge is -2.18. The fourth-order valence-electron chi connectivity index (χ4n) is 5.96. The first kappa shape index (κ1) is 32.5. The van der Waals surface area contributed by atoms with Crippen LogP contribution in [0.5, 0.6) is 0 Å². The van der Waals surface area contributed by atoms with Crippen LogP contribution >= 0.6 is 23.2 Å². The Balaban J connectivity index is 1.17. The van der Waals surface area contributed by atoms with E-state index in [1.165, 1.54) is 4.90 Å². The number of para-hydroxylation sites is 2. The summed E-state index contributed by atoms with van der Waals surface area (Å²) in [6.07, 6.45) is 1.30. The number of ether oxygens (including phenoxy) is 1. The van der Waals surface area contributed by atoms with Crippen LogP contribution in [0.1, 0.15) is 30.5 Å². The Labute approximate surface area is 277 Å². The van der Waals surface area contributed by atoms with Crippen LogP contribution in [0.4, 0.5) is 29.3 Å². The second-order valence-electron chi connectivity index (χ2n) is 11.3. The largest absolute Gasteiger partial charge is 0.444 e. The van der Waals surface area contributed by atoms with E-state index in [0.717, 1.165) is 12.1 Å². The zero-order valence-corrected chi connectivity index (χ0v) is 26.6. The number of rotatable bonds is 9. The molecule has 5 aromatic rings. The van der Waals surface area contributed by atoms with Gasteiger partial charge in [0.15, 0.2) is 18.0 Å². The maximum atomic E-state index is 13.0. The lowest BCUT2D eigenvalue weighted by Crippen LogP contribution is -2.42. The summed E-state index contributed by atoms with van der Waals surface area (Å²) in [6.45, 7) is 1.08. The van der Waals surface area contributed by atoms with Crippen molar-refractivity contribution in [3.05, 3.63) is 88.4 Å². The molecule has 1 aliphatic rings. The third-order valence-corrected chi connectivity index (χ3v) is 8.91.